The van der Waals surface area contributed by atoms with Crippen molar-refractivity contribution >= 4 is 29.9 Å². The third-order valence-electron chi connectivity index (χ3n) is 2.38. The van der Waals surface area contributed by atoms with Gasteiger partial charge < -0.3 is 15.8 Å². The van der Waals surface area contributed by atoms with Gasteiger partial charge in [-0.25, -0.2) is 4.99 Å². The highest BCUT2D eigenvalue weighted by molar-refractivity contribution is 14.0. The van der Waals surface area contributed by atoms with Gasteiger partial charge in [-0.05, 0) is 18.9 Å². The zero-order valence-electron chi connectivity index (χ0n) is 11.8. The molecule has 0 radical (unpaired) electrons. The van der Waals surface area contributed by atoms with Crippen molar-refractivity contribution in [1.82, 2.24) is 5.32 Å². The summed E-state index contributed by atoms with van der Waals surface area (Å²) in [5.41, 5.74) is 6.84. The topological polar surface area (TPSA) is 59.6 Å². The van der Waals surface area contributed by atoms with Crippen molar-refractivity contribution < 1.29 is 4.74 Å². The zero-order valence-corrected chi connectivity index (χ0v) is 14.2. The monoisotopic (exact) mass is 377 g/mol. The van der Waals surface area contributed by atoms with Gasteiger partial charge in [-0.3, -0.25) is 0 Å². The molecule has 0 heterocycles. The number of hydrogen-bond donors (Lipinski definition) is 2. The largest absolute Gasteiger partial charge is 0.494 e. The summed E-state index contributed by atoms with van der Waals surface area (Å²) in [7, 11) is 0. The summed E-state index contributed by atoms with van der Waals surface area (Å²) in [6.45, 7) is 8.26. The molecule has 0 atom stereocenters. The van der Waals surface area contributed by atoms with E-state index in [1.165, 1.54) is 0 Å². The molecule has 0 aliphatic heterocycles. The molecule has 0 spiro atoms. The molecule has 1 rings (SSSR count). The lowest BCUT2D eigenvalue weighted by Crippen LogP contribution is -2.34. The predicted molar refractivity (Wildman–Crippen MR) is 91.2 cm³/mol. The Morgan fingerprint density at radius 2 is 2.05 bits per heavy atom. The molecule has 0 saturated heterocycles. The standard InChI is InChI=1S/C14H23N3O.HI/c1-4-18-13-8-6-5-7-12(13)10-17-14(15)16-9-11(2)3;/h5-8,11H,4,9-10H2,1-3H3,(H3,15,16,17);1H. The second-order valence-electron chi connectivity index (χ2n) is 4.52. The van der Waals surface area contributed by atoms with Crippen LogP contribution in [0.15, 0.2) is 29.3 Å². The zero-order chi connectivity index (χ0) is 13.4. The van der Waals surface area contributed by atoms with E-state index in [1.54, 1.807) is 0 Å². The molecular formula is C14H24IN3O. The van der Waals surface area contributed by atoms with Crippen molar-refractivity contribution in [2.24, 2.45) is 16.6 Å². The molecule has 0 bridgehead atoms. The molecule has 0 aromatic heterocycles. The SMILES string of the molecule is CCOc1ccccc1CN=C(N)NCC(C)C.I. The molecule has 0 amide bonds. The fourth-order valence-electron chi connectivity index (χ4n) is 1.47. The minimum absolute atomic E-state index is 0. The van der Waals surface area contributed by atoms with Crippen LogP contribution in [0.1, 0.15) is 26.3 Å². The Morgan fingerprint density at radius 1 is 1.37 bits per heavy atom. The van der Waals surface area contributed by atoms with Crippen molar-refractivity contribution in [3.05, 3.63) is 29.8 Å². The maximum Gasteiger partial charge on any atom is 0.188 e. The number of ether oxygens (including phenoxy) is 1. The quantitative estimate of drug-likeness (QED) is 0.455. The van der Waals surface area contributed by atoms with Crippen LogP contribution < -0.4 is 15.8 Å². The average Bonchev–Trinajstić information content (AvgIpc) is 2.35. The molecule has 1 aromatic carbocycles. The first-order valence-electron chi connectivity index (χ1n) is 6.38. The normalized spacial score (nSPS) is 11.1. The predicted octanol–water partition coefficient (Wildman–Crippen LogP) is 2.76. The molecule has 0 aliphatic rings. The van der Waals surface area contributed by atoms with Crippen LogP contribution in [0.3, 0.4) is 0 Å². The first-order valence-corrected chi connectivity index (χ1v) is 6.38. The van der Waals surface area contributed by atoms with Crippen LogP contribution in [-0.2, 0) is 6.54 Å². The molecule has 4 nitrogen and oxygen atoms in total. The summed E-state index contributed by atoms with van der Waals surface area (Å²) in [5.74, 6) is 1.91. The maximum atomic E-state index is 5.79. The molecule has 19 heavy (non-hydrogen) atoms. The number of nitrogens with two attached hydrogens (primary N) is 1. The van der Waals surface area contributed by atoms with Gasteiger partial charge in [-0.15, -0.1) is 24.0 Å². The second-order valence-corrected chi connectivity index (χ2v) is 4.52. The highest BCUT2D eigenvalue weighted by Gasteiger charge is 2.01. The molecule has 5 heteroatoms. The van der Waals surface area contributed by atoms with Crippen LogP contribution in [0.4, 0.5) is 0 Å². The lowest BCUT2D eigenvalue weighted by molar-refractivity contribution is 0.336. The van der Waals surface area contributed by atoms with E-state index in [-0.39, 0.29) is 24.0 Å². The van der Waals surface area contributed by atoms with E-state index in [4.69, 9.17) is 10.5 Å². The van der Waals surface area contributed by atoms with Crippen molar-refractivity contribution in [2.75, 3.05) is 13.2 Å². The van der Waals surface area contributed by atoms with Gasteiger partial charge in [0.2, 0.25) is 0 Å². The van der Waals surface area contributed by atoms with Crippen LogP contribution in [0.25, 0.3) is 0 Å². The Bertz CT molecular complexity index is 394. The first-order chi connectivity index (χ1) is 8.63. The number of halogens is 1. The highest BCUT2D eigenvalue weighted by Crippen LogP contribution is 2.18. The third kappa shape index (κ3) is 7.25. The minimum Gasteiger partial charge on any atom is -0.494 e. The molecule has 1 aromatic rings. The fourth-order valence-corrected chi connectivity index (χ4v) is 1.47. The molecule has 0 unspecified atom stereocenters. The van der Waals surface area contributed by atoms with Gasteiger partial charge in [0.15, 0.2) is 5.96 Å². The Kier molecular flexibility index (Phi) is 9.38. The highest BCUT2D eigenvalue weighted by atomic mass is 127. The lowest BCUT2D eigenvalue weighted by atomic mass is 10.2. The summed E-state index contributed by atoms with van der Waals surface area (Å²) in [6.07, 6.45) is 0. The molecule has 3 N–H and O–H groups in total. The van der Waals surface area contributed by atoms with Gasteiger partial charge >= 0.3 is 0 Å². The van der Waals surface area contributed by atoms with Crippen molar-refractivity contribution in [1.29, 1.82) is 0 Å². The second kappa shape index (κ2) is 9.89. The molecule has 0 aliphatic carbocycles. The number of rotatable bonds is 6. The Hall–Kier alpha value is -0.980. The van der Waals surface area contributed by atoms with Gasteiger partial charge in [0.1, 0.15) is 5.75 Å². The Morgan fingerprint density at radius 3 is 2.68 bits per heavy atom. The average molecular weight is 377 g/mol. The van der Waals surface area contributed by atoms with Gasteiger partial charge in [-0.1, -0.05) is 32.0 Å². The van der Waals surface area contributed by atoms with Gasteiger partial charge in [0.05, 0.1) is 13.2 Å². The number of para-hydroxylation sites is 1. The number of hydrogen-bond acceptors (Lipinski definition) is 2. The van der Waals surface area contributed by atoms with E-state index in [1.807, 2.05) is 31.2 Å². The number of nitrogens with one attached hydrogen (secondary N) is 1. The van der Waals surface area contributed by atoms with Crippen LogP contribution in [0.5, 0.6) is 5.75 Å². The number of aliphatic imine (C=N–C) groups is 1. The van der Waals surface area contributed by atoms with Crippen LogP contribution in [0, 0.1) is 5.92 Å². The third-order valence-corrected chi connectivity index (χ3v) is 2.38. The Labute approximate surface area is 132 Å². The minimum atomic E-state index is 0. The maximum absolute atomic E-state index is 5.79. The van der Waals surface area contributed by atoms with Crippen LogP contribution in [0.2, 0.25) is 0 Å². The van der Waals surface area contributed by atoms with Crippen LogP contribution in [-0.4, -0.2) is 19.1 Å². The van der Waals surface area contributed by atoms with Crippen molar-refractivity contribution in [3.8, 4) is 5.75 Å². The molecule has 0 saturated carbocycles. The fraction of sp³-hybridized carbons (Fsp3) is 0.500. The van der Waals surface area contributed by atoms with E-state index >= 15 is 0 Å². The summed E-state index contributed by atoms with van der Waals surface area (Å²) in [4.78, 5) is 4.31. The number of benzene rings is 1. The van der Waals surface area contributed by atoms with E-state index in [0.29, 0.717) is 25.0 Å². The molecule has 108 valence electrons. The lowest BCUT2D eigenvalue weighted by Gasteiger charge is -2.10. The smallest absolute Gasteiger partial charge is 0.188 e. The molecule has 0 fully saturated rings. The van der Waals surface area contributed by atoms with Crippen LogP contribution >= 0.6 is 24.0 Å². The first kappa shape index (κ1) is 18.0. The summed E-state index contributed by atoms with van der Waals surface area (Å²) < 4.78 is 5.54. The van der Waals surface area contributed by atoms with Gasteiger partial charge in [0, 0.05) is 12.1 Å². The van der Waals surface area contributed by atoms with Crippen molar-refractivity contribution in [2.45, 2.75) is 27.3 Å². The Balaban J connectivity index is 0.00000324. The van der Waals surface area contributed by atoms with E-state index in [2.05, 4.69) is 24.2 Å². The van der Waals surface area contributed by atoms with E-state index in [9.17, 15) is 0 Å². The van der Waals surface area contributed by atoms with Gasteiger partial charge in [0.25, 0.3) is 0 Å². The van der Waals surface area contributed by atoms with E-state index < -0.39 is 0 Å². The summed E-state index contributed by atoms with van der Waals surface area (Å²) in [6, 6.07) is 7.89. The number of guanidine groups is 1. The molecular weight excluding hydrogens is 353 g/mol. The number of nitrogens with zero attached hydrogens (tertiary/aromatic N) is 1. The van der Waals surface area contributed by atoms with Crippen molar-refractivity contribution in [3.63, 3.8) is 0 Å². The van der Waals surface area contributed by atoms with E-state index in [0.717, 1.165) is 17.9 Å². The van der Waals surface area contributed by atoms with Gasteiger partial charge in [-0.2, -0.15) is 0 Å². The summed E-state index contributed by atoms with van der Waals surface area (Å²) in [5, 5.41) is 3.09. The summed E-state index contributed by atoms with van der Waals surface area (Å²) >= 11 is 0.